The van der Waals surface area contributed by atoms with E-state index in [2.05, 4.69) is 10.6 Å². The Hall–Kier alpha value is -3.67. The largest absolute Gasteiger partial charge is 0.467 e. The molecule has 1 unspecified atom stereocenters. The van der Waals surface area contributed by atoms with E-state index in [1.807, 2.05) is 44.3 Å². The number of ether oxygens (including phenoxy) is 1. The van der Waals surface area contributed by atoms with E-state index in [0.29, 0.717) is 17.7 Å². The van der Waals surface area contributed by atoms with Gasteiger partial charge in [0.2, 0.25) is 0 Å². The third-order valence-electron chi connectivity index (χ3n) is 5.59. The first-order valence-corrected chi connectivity index (χ1v) is 10.2. The highest BCUT2D eigenvalue weighted by Gasteiger charge is 2.43. The number of methoxy groups -OCH3 is 1. The van der Waals surface area contributed by atoms with Crippen LogP contribution in [0, 0.1) is 0 Å². The van der Waals surface area contributed by atoms with Crippen LogP contribution < -0.4 is 0 Å². The summed E-state index contributed by atoms with van der Waals surface area (Å²) in [6.07, 6.45) is 4.29. The van der Waals surface area contributed by atoms with Crippen LogP contribution in [0.4, 0.5) is 0 Å². The molecule has 0 radical (unpaired) electrons. The molecule has 0 fully saturated rings. The van der Waals surface area contributed by atoms with Gasteiger partial charge >= 0.3 is 5.97 Å². The molecule has 158 valence electrons. The van der Waals surface area contributed by atoms with Crippen molar-refractivity contribution in [2.45, 2.75) is 32.9 Å². The number of aromatic nitrogens is 1. The van der Waals surface area contributed by atoms with Gasteiger partial charge in [0.15, 0.2) is 0 Å². The van der Waals surface area contributed by atoms with Gasteiger partial charge in [0, 0.05) is 30.1 Å². The lowest BCUT2D eigenvalue weighted by Gasteiger charge is -2.23. The number of nitrogens with zero attached hydrogens (tertiary/aromatic N) is 2. The number of benzene rings is 2. The minimum absolute atomic E-state index is 0.181. The monoisotopic (exact) mass is 416 g/mol. The molecule has 0 saturated heterocycles. The molecule has 0 N–H and O–H groups in total. The van der Waals surface area contributed by atoms with Gasteiger partial charge in [0.05, 0.1) is 18.2 Å². The molecule has 1 aromatic heterocycles. The summed E-state index contributed by atoms with van der Waals surface area (Å²) < 4.78 is 7.09. The zero-order valence-electron chi connectivity index (χ0n) is 17.8. The molecule has 1 atom stereocenters. The lowest BCUT2D eigenvalue weighted by atomic mass is 10.0. The second kappa shape index (κ2) is 8.22. The molecule has 3 aromatic rings. The molecule has 2 aromatic carbocycles. The van der Waals surface area contributed by atoms with E-state index < -0.39 is 23.8 Å². The Morgan fingerprint density at radius 1 is 1.00 bits per heavy atom. The predicted molar refractivity (Wildman–Crippen MR) is 118 cm³/mol. The fourth-order valence-corrected chi connectivity index (χ4v) is 4.03. The van der Waals surface area contributed by atoms with Crippen molar-refractivity contribution >= 4 is 28.7 Å². The van der Waals surface area contributed by atoms with Gasteiger partial charge in [-0.1, -0.05) is 42.0 Å². The summed E-state index contributed by atoms with van der Waals surface area (Å²) in [4.78, 5) is 39.7. The minimum atomic E-state index is -1.04. The number of para-hydroxylation sites is 1. The van der Waals surface area contributed by atoms with Gasteiger partial charge in [-0.15, -0.1) is 0 Å². The molecule has 2 amide bonds. The van der Waals surface area contributed by atoms with Crippen LogP contribution in [0.1, 0.15) is 40.1 Å². The summed E-state index contributed by atoms with van der Waals surface area (Å²) in [5.74, 6) is -1.55. The molecule has 1 aliphatic rings. The zero-order chi connectivity index (χ0) is 22.1. The van der Waals surface area contributed by atoms with Gasteiger partial charge < -0.3 is 9.30 Å². The van der Waals surface area contributed by atoms with Crippen molar-refractivity contribution in [1.82, 2.24) is 9.47 Å². The number of rotatable bonds is 6. The van der Waals surface area contributed by atoms with E-state index in [4.69, 9.17) is 4.74 Å². The van der Waals surface area contributed by atoms with Gasteiger partial charge in [0.25, 0.3) is 11.8 Å². The summed E-state index contributed by atoms with van der Waals surface area (Å²) in [6, 6.07) is 13.5. The Kier molecular flexibility index (Phi) is 5.46. The maximum atomic E-state index is 13.0. The number of carbonyl (C=O) groups is 3. The smallest absolute Gasteiger partial charge is 0.329 e. The first-order chi connectivity index (χ1) is 14.9. The second-order valence-electron chi connectivity index (χ2n) is 7.87. The molecule has 0 spiro atoms. The quantitative estimate of drug-likeness (QED) is 0.346. The average Bonchev–Trinajstić information content (AvgIpc) is 3.25. The van der Waals surface area contributed by atoms with Gasteiger partial charge in [-0.2, -0.15) is 0 Å². The number of carbonyl (C=O) groups excluding carboxylic acids is 3. The Balaban J connectivity index is 1.74. The lowest BCUT2D eigenvalue weighted by Crippen LogP contribution is -2.46. The molecule has 1 aliphatic heterocycles. The zero-order valence-corrected chi connectivity index (χ0v) is 17.8. The Morgan fingerprint density at radius 3 is 2.23 bits per heavy atom. The van der Waals surface area contributed by atoms with Crippen molar-refractivity contribution in [1.29, 1.82) is 0 Å². The normalized spacial score (nSPS) is 14.0. The Morgan fingerprint density at radius 2 is 1.61 bits per heavy atom. The van der Waals surface area contributed by atoms with Crippen LogP contribution >= 0.6 is 0 Å². The van der Waals surface area contributed by atoms with Crippen molar-refractivity contribution < 1.29 is 19.1 Å². The fourth-order valence-electron chi connectivity index (χ4n) is 4.03. The highest BCUT2D eigenvalue weighted by Crippen LogP contribution is 2.29. The van der Waals surface area contributed by atoms with Crippen molar-refractivity contribution in [3.8, 4) is 0 Å². The maximum Gasteiger partial charge on any atom is 0.329 e. The van der Waals surface area contributed by atoms with Gasteiger partial charge in [-0.25, -0.2) is 4.79 Å². The van der Waals surface area contributed by atoms with E-state index in [1.54, 1.807) is 24.3 Å². The number of hydrogen-bond acceptors (Lipinski definition) is 4. The summed E-state index contributed by atoms with van der Waals surface area (Å²) >= 11 is 0. The third kappa shape index (κ3) is 3.65. The standard InChI is InChI=1S/C25H24N2O4/c1-16(2)12-13-26-15-17(18-8-6-7-11-21(18)26)14-22(25(30)31-3)27-23(28)19-9-4-5-10-20(19)24(27)29/h4-12,15,22H,13-14H2,1-3H3. The van der Waals surface area contributed by atoms with Crippen molar-refractivity contribution in [3.05, 3.63) is 83.1 Å². The molecule has 4 rings (SSSR count). The number of allylic oxidation sites excluding steroid dienone is 2. The van der Waals surface area contributed by atoms with Gasteiger partial charge in [-0.05, 0) is 37.6 Å². The van der Waals surface area contributed by atoms with Crippen LogP contribution in [0.3, 0.4) is 0 Å². The molecule has 0 saturated carbocycles. The van der Waals surface area contributed by atoms with Crippen LogP contribution in [0.15, 0.2) is 66.4 Å². The van der Waals surface area contributed by atoms with E-state index in [1.165, 1.54) is 12.7 Å². The van der Waals surface area contributed by atoms with E-state index in [9.17, 15) is 14.4 Å². The van der Waals surface area contributed by atoms with Crippen LogP contribution in [-0.2, 0) is 22.5 Å². The summed E-state index contributed by atoms with van der Waals surface area (Å²) in [5.41, 5.74) is 3.74. The van der Waals surface area contributed by atoms with E-state index >= 15 is 0 Å². The number of hydrogen-bond donors (Lipinski definition) is 0. The van der Waals surface area contributed by atoms with Crippen molar-refractivity contribution in [3.63, 3.8) is 0 Å². The number of imide groups is 1. The average molecular weight is 416 g/mol. The first-order valence-electron chi connectivity index (χ1n) is 10.2. The van der Waals surface area contributed by atoms with E-state index in [-0.39, 0.29) is 6.42 Å². The molecule has 2 heterocycles. The number of amides is 2. The maximum absolute atomic E-state index is 13.0. The van der Waals surface area contributed by atoms with Crippen LogP contribution in [0.25, 0.3) is 10.9 Å². The van der Waals surface area contributed by atoms with Crippen LogP contribution in [0.5, 0.6) is 0 Å². The Labute approximate surface area is 180 Å². The van der Waals surface area contributed by atoms with Crippen LogP contribution in [0.2, 0.25) is 0 Å². The van der Waals surface area contributed by atoms with Crippen molar-refractivity contribution in [2.24, 2.45) is 0 Å². The summed E-state index contributed by atoms with van der Waals surface area (Å²) in [6.45, 7) is 4.78. The SMILES string of the molecule is COC(=O)C(Cc1cn(CC=C(C)C)c2ccccc12)N1C(=O)c2ccccc2C1=O. The fraction of sp³-hybridized carbons (Fsp3) is 0.240. The molecular weight excluding hydrogens is 392 g/mol. The minimum Gasteiger partial charge on any atom is -0.467 e. The van der Waals surface area contributed by atoms with Gasteiger partial charge in [0.1, 0.15) is 6.04 Å². The molecule has 6 heteroatoms. The molecule has 0 bridgehead atoms. The second-order valence-corrected chi connectivity index (χ2v) is 7.87. The molecule has 0 aliphatic carbocycles. The third-order valence-corrected chi connectivity index (χ3v) is 5.59. The molecule has 31 heavy (non-hydrogen) atoms. The van der Waals surface area contributed by atoms with E-state index in [0.717, 1.165) is 21.4 Å². The summed E-state index contributed by atoms with van der Waals surface area (Å²) in [7, 11) is 1.27. The highest BCUT2D eigenvalue weighted by atomic mass is 16.5. The lowest BCUT2D eigenvalue weighted by molar-refractivity contribution is -0.145. The Bertz CT molecular complexity index is 1180. The van der Waals surface area contributed by atoms with Crippen LogP contribution in [-0.4, -0.2) is 40.4 Å². The predicted octanol–water partition coefficient (Wildman–Crippen LogP) is 3.99. The topological polar surface area (TPSA) is 68.6 Å². The number of esters is 1. The number of fused-ring (bicyclic) bond motifs is 2. The molecule has 6 nitrogen and oxygen atoms in total. The summed E-state index contributed by atoms with van der Waals surface area (Å²) in [5, 5.41) is 0.982. The highest BCUT2D eigenvalue weighted by molar-refractivity contribution is 6.22. The molecular formula is C25H24N2O4. The van der Waals surface area contributed by atoms with Gasteiger partial charge in [-0.3, -0.25) is 14.5 Å². The first kappa shape index (κ1) is 20.6. The van der Waals surface area contributed by atoms with Crippen molar-refractivity contribution in [2.75, 3.05) is 7.11 Å².